The van der Waals surface area contributed by atoms with E-state index in [0.29, 0.717) is 16.3 Å². The molecule has 0 saturated heterocycles. The van der Waals surface area contributed by atoms with Crippen molar-refractivity contribution in [1.82, 2.24) is 10.2 Å². The number of hydrogen-bond donors (Lipinski definition) is 0. The fourth-order valence-electron chi connectivity index (χ4n) is 5.61. The lowest BCUT2D eigenvalue weighted by molar-refractivity contribution is -0.121. The van der Waals surface area contributed by atoms with Crippen LogP contribution < -0.4 is 15.2 Å². The van der Waals surface area contributed by atoms with Gasteiger partial charge in [0, 0.05) is 11.5 Å². The zero-order valence-electron chi connectivity index (χ0n) is 21.4. The Kier molecular flexibility index (Phi) is 5.27. The molecule has 1 atom stereocenters. The highest BCUT2D eigenvalue weighted by Gasteiger charge is 2.66. The minimum absolute atomic E-state index is 0.0220. The minimum atomic E-state index is -1.91. The van der Waals surface area contributed by atoms with Gasteiger partial charge in [-0.3, -0.25) is 19.3 Å². The van der Waals surface area contributed by atoms with Crippen molar-refractivity contribution in [3.05, 3.63) is 116 Å². The van der Waals surface area contributed by atoms with Crippen LogP contribution in [0.3, 0.4) is 0 Å². The second kappa shape index (κ2) is 8.65. The van der Waals surface area contributed by atoms with Gasteiger partial charge in [-0.1, -0.05) is 73.7 Å². The first kappa shape index (κ1) is 24.3. The average molecular weight is 553 g/mol. The third-order valence-electron chi connectivity index (χ3n) is 7.38. The zero-order valence-corrected chi connectivity index (χ0v) is 22.2. The smallest absolute Gasteiger partial charge is 0.297 e. The molecule has 10 heteroatoms. The van der Waals surface area contributed by atoms with Gasteiger partial charge < -0.3 is 9.32 Å². The molecule has 0 aliphatic carbocycles. The molecule has 2 aliphatic rings. The van der Waals surface area contributed by atoms with Gasteiger partial charge >= 0.3 is 0 Å². The van der Waals surface area contributed by atoms with Crippen molar-refractivity contribution in [2.45, 2.75) is 31.8 Å². The normalized spacial score (nSPS) is 17.9. The van der Waals surface area contributed by atoms with Gasteiger partial charge in [0.1, 0.15) is 16.4 Å². The minimum Gasteiger partial charge on any atom is -0.450 e. The van der Waals surface area contributed by atoms with E-state index in [9.17, 15) is 18.8 Å². The Hall–Kier alpha value is -4.70. The summed E-state index contributed by atoms with van der Waals surface area (Å²) in [5.74, 6) is -2.07. The van der Waals surface area contributed by atoms with Crippen LogP contribution in [0.25, 0.3) is 11.0 Å². The molecule has 0 saturated carbocycles. The number of halogens is 1. The summed E-state index contributed by atoms with van der Waals surface area (Å²) in [7, 11) is 0. The summed E-state index contributed by atoms with van der Waals surface area (Å²) in [6.07, 6.45) is 0. The number of fused-ring (bicyclic) bond motifs is 5. The van der Waals surface area contributed by atoms with Crippen molar-refractivity contribution in [1.29, 1.82) is 0 Å². The molecule has 2 aliphatic heterocycles. The molecule has 5 aromatic rings. The third-order valence-corrected chi connectivity index (χ3v) is 8.59. The zero-order chi connectivity index (χ0) is 27.8. The number of hydrogen-bond acceptors (Lipinski definition) is 7. The number of benzene rings is 3. The molecule has 40 heavy (non-hydrogen) atoms. The number of nitrogens with zero attached hydrogens (tertiary/aromatic N) is 4. The number of anilines is 2. The van der Waals surface area contributed by atoms with Gasteiger partial charge in [0.05, 0.1) is 23.2 Å². The maximum Gasteiger partial charge on any atom is 0.297 e. The largest absolute Gasteiger partial charge is 0.450 e. The van der Waals surface area contributed by atoms with E-state index in [2.05, 4.69) is 10.2 Å². The van der Waals surface area contributed by atoms with Crippen LogP contribution in [0.1, 0.15) is 52.0 Å². The van der Waals surface area contributed by atoms with Gasteiger partial charge in [-0.2, -0.15) is 0 Å². The average Bonchev–Trinajstić information content (AvgIpc) is 3.60. The van der Waals surface area contributed by atoms with E-state index in [4.69, 9.17) is 4.42 Å². The molecule has 3 aromatic carbocycles. The van der Waals surface area contributed by atoms with Gasteiger partial charge in [0.2, 0.25) is 10.9 Å². The lowest BCUT2D eigenvalue weighted by Crippen LogP contribution is -2.53. The standard InChI is InChI=1S/C30H21FN4O4S/c1-16(2)26-32-33-29(40-26)35-27(37)25-23(24(36)19-14-18(31)12-13-22(19)39-25)30(35)20-10-6-7-11-21(20)34(28(30)38)15-17-8-4-3-5-9-17/h3-14,16H,15H2,1-2H3. The van der Waals surface area contributed by atoms with E-state index in [-0.39, 0.29) is 39.9 Å². The first-order chi connectivity index (χ1) is 19.3. The van der Waals surface area contributed by atoms with Crippen LogP contribution in [0.4, 0.5) is 15.2 Å². The molecular formula is C30H21FN4O4S. The number of para-hydroxylation sites is 1. The SMILES string of the molecule is CC(C)c1nnc(N2C(=O)c3oc4ccc(F)cc4c(=O)c3C23C(=O)N(Cc2ccccc2)c2ccccc23)s1. The molecule has 0 bridgehead atoms. The second-order valence-corrected chi connectivity index (χ2v) is 11.1. The monoisotopic (exact) mass is 552 g/mol. The summed E-state index contributed by atoms with van der Waals surface area (Å²) in [6, 6.07) is 20.0. The molecule has 8 nitrogen and oxygen atoms in total. The summed E-state index contributed by atoms with van der Waals surface area (Å²) >= 11 is 1.18. The predicted molar refractivity (Wildman–Crippen MR) is 148 cm³/mol. The Bertz CT molecular complexity index is 1920. The highest BCUT2D eigenvalue weighted by molar-refractivity contribution is 7.15. The van der Waals surface area contributed by atoms with E-state index in [1.165, 1.54) is 22.3 Å². The van der Waals surface area contributed by atoms with Crippen LogP contribution in [-0.2, 0) is 16.9 Å². The Balaban J connectivity index is 1.56. The van der Waals surface area contributed by atoms with E-state index in [0.717, 1.165) is 17.7 Å². The first-order valence-electron chi connectivity index (χ1n) is 12.7. The number of rotatable bonds is 4. The molecule has 0 N–H and O–H groups in total. The van der Waals surface area contributed by atoms with Crippen LogP contribution in [0.5, 0.6) is 0 Å². The van der Waals surface area contributed by atoms with Crippen LogP contribution in [-0.4, -0.2) is 22.0 Å². The molecule has 1 unspecified atom stereocenters. The molecule has 2 aromatic heterocycles. The topological polar surface area (TPSA) is 96.6 Å². The van der Waals surface area contributed by atoms with Crippen LogP contribution >= 0.6 is 11.3 Å². The van der Waals surface area contributed by atoms with Gasteiger partial charge in [-0.15, -0.1) is 10.2 Å². The Morgan fingerprint density at radius 2 is 1.73 bits per heavy atom. The number of aromatic nitrogens is 2. The third kappa shape index (κ3) is 3.19. The molecule has 2 amide bonds. The number of carbonyl (C=O) groups excluding carboxylic acids is 2. The van der Waals surface area contributed by atoms with Gasteiger partial charge in [-0.05, 0) is 29.8 Å². The quantitative estimate of drug-likeness (QED) is 0.298. The Labute approximate surface area is 231 Å². The van der Waals surface area contributed by atoms with Crippen molar-refractivity contribution in [2.24, 2.45) is 0 Å². The fourth-order valence-corrected chi connectivity index (χ4v) is 6.51. The van der Waals surface area contributed by atoms with Crippen molar-refractivity contribution < 1.29 is 18.4 Å². The number of amides is 2. The van der Waals surface area contributed by atoms with Crippen molar-refractivity contribution in [3.63, 3.8) is 0 Å². The van der Waals surface area contributed by atoms with E-state index in [1.54, 1.807) is 29.2 Å². The lowest BCUT2D eigenvalue weighted by atomic mass is 9.84. The predicted octanol–water partition coefficient (Wildman–Crippen LogP) is 5.36. The Morgan fingerprint density at radius 3 is 2.48 bits per heavy atom. The van der Waals surface area contributed by atoms with Crippen LogP contribution in [0.15, 0.2) is 82.0 Å². The first-order valence-corrected chi connectivity index (χ1v) is 13.5. The lowest BCUT2D eigenvalue weighted by Gasteiger charge is -2.32. The van der Waals surface area contributed by atoms with E-state index in [1.807, 2.05) is 44.2 Å². The summed E-state index contributed by atoms with van der Waals surface area (Å²) in [5.41, 5.74) is -0.802. The summed E-state index contributed by atoms with van der Waals surface area (Å²) in [5, 5.41) is 9.34. The molecule has 198 valence electrons. The maximum absolute atomic E-state index is 14.8. The summed E-state index contributed by atoms with van der Waals surface area (Å²) in [4.78, 5) is 46.0. The molecule has 0 radical (unpaired) electrons. The highest BCUT2D eigenvalue weighted by atomic mass is 32.1. The molecule has 4 heterocycles. The number of carbonyl (C=O) groups is 2. The van der Waals surface area contributed by atoms with E-state index < -0.39 is 28.6 Å². The van der Waals surface area contributed by atoms with Gasteiger partial charge in [0.25, 0.3) is 11.8 Å². The van der Waals surface area contributed by atoms with Crippen molar-refractivity contribution in [3.8, 4) is 0 Å². The maximum atomic E-state index is 14.8. The second-order valence-electron chi connectivity index (χ2n) is 10.1. The summed E-state index contributed by atoms with van der Waals surface area (Å²) < 4.78 is 20.3. The molecular weight excluding hydrogens is 531 g/mol. The molecule has 7 rings (SSSR count). The summed E-state index contributed by atoms with van der Waals surface area (Å²) in [6.45, 7) is 4.10. The van der Waals surface area contributed by atoms with Crippen molar-refractivity contribution in [2.75, 3.05) is 9.80 Å². The highest BCUT2D eigenvalue weighted by Crippen LogP contribution is 2.54. The van der Waals surface area contributed by atoms with Gasteiger partial charge in [-0.25, -0.2) is 4.39 Å². The molecule has 0 fully saturated rings. The Morgan fingerprint density at radius 1 is 0.975 bits per heavy atom. The fraction of sp³-hybridized carbons (Fsp3) is 0.167. The molecule has 1 spiro atoms. The van der Waals surface area contributed by atoms with Gasteiger partial charge in [0.15, 0.2) is 11.0 Å². The van der Waals surface area contributed by atoms with Crippen LogP contribution in [0.2, 0.25) is 0 Å². The van der Waals surface area contributed by atoms with E-state index >= 15 is 0 Å². The van der Waals surface area contributed by atoms with Crippen molar-refractivity contribution >= 4 is 44.9 Å². The van der Waals surface area contributed by atoms with Crippen LogP contribution in [0, 0.1) is 5.82 Å².